The molecule has 0 radical (unpaired) electrons. The second kappa shape index (κ2) is 18.1. The highest BCUT2D eigenvalue weighted by atomic mass is 16.6. The maximum atomic E-state index is 12.7. The molecule has 3 fully saturated rings. The van der Waals surface area contributed by atoms with Crippen LogP contribution in [0.15, 0.2) is 47.6 Å². The Kier molecular flexibility index (Phi) is 14.6. The summed E-state index contributed by atoms with van der Waals surface area (Å²) in [6, 6.07) is 0. The van der Waals surface area contributed by atoms with Gasteiger partial charge >= 0.3 is 11.9 Å². The number of carbonyl (C=O) groups excluding carboxylic acids is 2. The number of rotatable bonds is 12. The van der Waals surface area contributed by atoms with Gasteiger partial charge in [-0.25, -0.2) is 9.59 Å². The van der Waals surface area contributed by atoms with Crippen molar-refractivity contribution in [2.24, 2.45) is 17.3 Å². The van der Waals surface area contributed by atoms with Crippen LogP contribution in [0.4, 0.5) is 0 Å². The second-order valence-electron chi connectivity index (χ2n) is 15.9. The summed E-state index contributed by atoms with van der Waals surface area (Å²) in [5.74, 6) is -1.75. The molecule has 0 aromatic carbocycles. The smallest absolute Gasteiger partial charge is 0.333 e. The molecule has 3 saturated heterocycles. The summed E-state index contributed by atoms with van der Waals surface area (Å²) >= 11 is 0. The predicted molar refractivity (Wildman–Crippen MR) is 188 cm³/mol. The molecule has 13 atom stereocenters. The zero-order valence-corrected chi connectivity index (χ0v) is 30.7. The topological polar surface area (TPSA) is 192 Å². The van der Waals surface area contributed by atoms with Crippen LogP contribution in [0.5, 0.6) is 0 Å². The predicted octanol–water partition coefficient (Wildman–Crippen LogP) is 3.31. The van der Waals surface area contributed by atoms with Gasteiger partial charge in [-0.3, -0.25) is 0 Å². The van der Waals surface area contributed by atoms with Gasteiger partial charge in [-0.15, -0.1) is 0 Å². The Morgan fingerprint density at radius 2 is 1.75 bits per heavy atom. The Bertz CT molecular complexity index is 1290. The van der Waals surface area contributed by atoms with Crippen molar-refractivity contribution in [3.8, 4) is 0 Å². The Labute approximate surface area is 301 Å². The summed E-state index contributed by atoms with van der Waals surface area (Å²) in [6.45, 7) is 12.4. The number of ether oxygens (including phenoxy) is 4. The van der Waals surface area contributed by atoms with Crippen molar-refractivity contribution in [2.75, 3.05) is 0 Å². The number of carbonyl (C=O) groups is 2. The molecule has 4 rings (SSSR count). The molecule has 4 bridgehead atoms. The molecular formula is C39H60O12. The highest BCUT2D eigenvalue weighted by molar-refractivity contribution is 5.89. The maximum Gasteiger partial charge on any atom is 0.333 e. The molecule has 4 aliphatic rings. The molecule has 0 spiro atoms. The van der Waals surface area contributed by atoms with Crippen molar-refractivity contribution in [3.63, 3.8) is 0 Å². The largest absolute Gasteiger partial charge is 0.459 e. The molecule has 0 aromatic heterocycles. The Morgan fingerprint density at radius 1 is 1.02 bits per heavy atom. The third-order valence-electron chi connectivity index (χ3n) is 11.2. The van der Waals surface area contributed by atoms with Gasteiger partial charge in [0.1, 0.15) is 24.4 Å². The Morgan fingerprint density at radius 3 is 2.43 bits per heavy atom. The van der Waals surface area contributed by atoms with Crippen molar-refractivity contribution in [3.05, 3.63) is 47.6 Å². The summed E-state index contributed by atoms with van der Waals surface area (Å²) in [7, 11) is 0. The molecule has 0 aromatic rings. The third kappa shape index (κ3) is 11.3. The summed E-state index contributed by atoms with van der Waals surface area (Å²) < 4.78 is 23.0. The van der Waals surface area contributed by atoms with E-state index in [2.05, 4.69) is 6.58 Å². The fraction of sp³-hybridized carbons (Fsp3) is 0.744. The van der Waals surface area contributed by atoms with Gasteiger partial charge in [-0.05, 0) is 52.4 Å². The standard InChI is InChI=1S/C39H60O12/c1-21-12-25-17-26(49-38(25)47)10-8-7-9-11-35(45)51-32-19-27(13-21)48-36(32)31(42)14-22(2)15-33(43)39(5,6)34(44)20-30(41)24(4)29(40)18-28-16-23(3)37(46)50-28/h9,11-12,14,24-34,36,38,40-44,47H,3,7-8,10,13,15-20H2,1-2,4-6H3/b11-9?,21-12?,22-14+. The fourth-order valence-corrected chi connectivity index (χ4v) is 7.54. The van der Waals surface area contributed by atoms with Gasteiger partial charge in [-0.1, -0.05) is 56.7 Å². The minimum Gasteiger partial charge on any atom is -0.459 e. The summed E-state index contributed by atoms with van der Waals surface area (Å²) in [5.41, 5.74) is 0.908. The fourth-order valence-electron chi connectivity index (χ4n) is 7.54. The van der Waals surface area contributed by atoms with Crippen LogP contribution in [0.25, 0.3) is 0 Å². The Balaban J connectivity index is 1.36. The van der Waals surface area contributed by atoms with Gasteiger partial charge in [0.15, 0.2) is 6.29 Å². The van der Waals surface area contributed by atoms with E-state index in [4.69, 9.17) is 18.9 Å². The molecule has 0 amide bonds. The normalized spacial score (nSPS) is 33.2. The van der Waals surface area contributed by atoms with Crippen LogP contribution in [0.3, 0.4) is 0 Å². The lowest BCUT2D eigenvalue weighted by atomic mass is 9.75. The van der Waals surface area contributed by atoms with E-state index in [0.717, 1.165) is 24.8 Å². The number of hydrogen-bond donors (Lipinski definition) is 6. The monoisotopic (exact) mass is 720 g/mol. The van der Waals surface area contributed by atoms with E-state index >= 15 is 0 Å². The minimum absolute atomic E-state index is 0.0377. The van der Waals surface area contributed by atoms with Crippen LogP contribution in [-0.2, 0) is 28.5 Å². The van der Waals surface area contributed by atoms with Crippen LogP contribution >= 0.6 is 0 Å². The lowest BCUT2D eigenvalue weighted by Gasteiger charge is -2.38. The molecular weight excluding hydrogens is 660 g/mol. The minimum atomic E-state index is -1.16. The third-order valence-corrected chi connectivity index (χ3v) is 11.2. The second-order valence-corrected chi connectivity index (χ2v) is 15.9. The van der Waals surface area contributed by atoms with Crippen LogP contribution in [0.2, 0.25) is 0 Å². The van der Waals surface area contributed by atoms with E-state index < -0.39 is 78.4 Å². The van der Waals surface area contributed by atoms with Crippen LogP contribution in [0, 0.1) is 17.3 Å². The number of allylic oxidation sites excluding steroid dienone is 1. The van der Waals surface area contributed by atoms with E-state index in [1.54, 1.807) is 39.8 Å². The Hall–Kier alpha value is -2.42. The summed E-state index contributed by atoms with van der Waals surface area (Å²) in [6.07, 6.45) is 2.34. The van der Waals surface area contributed by atoms with Crippen molar-refractivity contribution < 1.29 is 59.2 Å². The van der Waals surface area contributed by atoms with Crippen LogP contribution < -0.4 is 0 Å². The summed E-state index contributed by atoms with van der Waals surface area (Å²) in [4.78, 5) is 24.3. The molecule has 4 heterocycles. The van der Waals surface area contributed by atoms with Crippen molar-refractivity contribution in [2.45, 2.75) is 166 Å². The molecule has 0 aliphatic carbocycles. The highest BCUT2D eigenvalue weighted by Crippen LogP contribution is 2.36. The highest BCUT2D eigenvalue weighted by Gasteiger charge is 2.43. The average Bonchev–Trinajstić information content (AvgIpc) is 3.70. The van der Waals surface area contributed by atoms with E-state index in [9.17, 15) is 40.2 Å². The lowest BCUT2D eigenvalue weighted by molar-refractivity contribution is -0.148. The number of cyclic esters (lactones) is 1. The maximum absolute atomic E-state index is 12.7. The first-order valence-electron chi connectivity index (χ1n) is 18.4. The van der Waals surface area contributed by atoms with E-state index in [1.165, 1.54) is 6.08 Å². The van der Waals surface area contributed by atoms with Crippen molar-refractivity contribution >= 4 is 11.9 Å². The zero-order chi connectivity index (χ0) is 37.6. The first-order valence-corrected chi connectivity index (χ1v) is 18.4. The molecule has 12 nitrogen and oxygen atoms in total. The summed E-state index contributed by atoms with van der Waals surface area (Å²) in [5, 5.41) is 65.7. The quantitative estimate of drug-likeness (QED) is 0.0981. The molecule has 51 heavy (non-hydrogen) atoms. The first kappa shape index (κ1) is 41.3. The van der Waals surface area contributed by atoms with E-state index in [-0.39, 0.29) is 37.4 Å². The van der Waals surface area contributed by atoms with Crippen molar-refractivity contribution in [1.82, 2.24) is 0 Å². The number of aliphatic hydroxyl groups excluding tert-OH is 6. The molecule has 0 saturated carbocycles. The zero-order valence-electron chi connectivity index (χ0n) is 30.7. The van der Waals surface area contributed by atoms with E-state index in [1.807, 2.05) is 13.0 Å². The first-order chi connectivity index (χ1) is 23.9. The molecule has 4 aliphatic heterocycles. The van der Waals surface area contributed by atoms with E-state index in [0.29, 0.717) is 36.8 Å². The number of esters is 2. The molecule has 13 unspecified atom stereocenters. The van der Waals surface area contributed by atoms with Gasteiger partial charge in [0, 0.05) is 54.6 Å². The van der Waals surface area contributed by atoms with Gasteiger partial charge < -0.3 is 49.6 Å². The van der Waals surface area contributed by atoms with Gasteiger partial charge in [-0.2, -0.15) is 0 Å². The van der Waals surface area contributed by atoms with Crippen LogP contribution in [-0.4, -0.2) is 110 Å². The lowest BCUT2D eigenvalue weighted by Crippen LogP contribution is -2.44. The number of fused-ring (bicyclic) bond motifs is 4. The van der Waals surface area contributed by atoms with Gasteiger partial charge in [0.2, 0.25) is 0 Å². The van der Waals surface area contributed by atoms with Crippen LogP contribution in [0.1, 0.15) is 98.8 Å². The number of hydrogen-bond acceptors (Lipinski definition) is 12. The molecule has 12 heteroatoms. The number of aliphatic hydroxyl groups is 6. The van der Waals surface area contributed by atoms with Crippen molar-refractivity contribution in [1.29, 1.82) is 0 Å². The average molecular weight is 721 g/mol. The SMILES string of the molecule is C=C1CC(CC(O)C(C)C(O)CC(O)C(C)(C)C(O)C/C(C)=C/C(O)C2OC3CC(C)=CC4CC(CCCC=CC(=O)OC2C3)OC4O)OC1=O. The van der Waals surface area contributed by atoms with Gasteiger partial charge in [0.05, 0.1) is 36.6 Å². The molecule has 288 valence electrons. The van der Waals surface area contributed by atoms with Gasteiger partial charge in [0.25, 0.3) is 0 Å². The molecule has 6 N–H and O–H groups in total.